The van der Waals surface area contributed by atoms with Gasteiger partial charge in [-0.15, -0.1) is 0 Å². The van der Waals surface area contributed by atoms with Crippen LogP contribution in [0.3, 0.4) is 0 Å². The van der Waals surface area contributed by atoms with E-state index in [0.29, 0.717) is 5.56 Å². The maximum Gasteiger partial charge on any atom is 0.416 e. The first-order chi connectivity index (χ1) is 12.0. The summed E-state index contributed by atoms with van der Waals surface area (Å²) in [4.78, 5) is 13.7. The van der Waals surface area contributed by atoms with Gasteiger partial charge in [0.25, 0.3) is 5.91 Å². The summed E-state index contributed by atoms with van der Waals surface area (Å²) in [7, 11) is -0.935. The predicted molar refractivity (Wildman–Crippen MR) is 89.9 cm³/mol. The number of carbonyl (C=O) groups excluding carboxylic acids is 1. The lowest BCUT2D eigenvalue weighted by atomic mass is 10.1. The van der Waals surface area contributed by atoms with Gasteiger partial charge in [-0.25, -0.2) is 13.1 Å². The Hall–Kier alpha value is -2.39. The highest BCUT2D eigenvalue weighted by atomic mass is 32.2. The summed E-state index contributed by atoms with van der Waals surface area (Å²) in [6.07, 6.45) is -4.42. The highest BCUT2D eigenvalue weighted by Gasteiger charge is 2.30. The Balaban J connectivity index is 2.16. The van der Waals surface area contributed by atoms with Crippen LogP contribution < -0.4 is 4.72 Å². The fourth-order valence-electron chi connectivity index (χ4n) is 2.28. The van der Waals surface area contributed by atoms with Crippen LogP contribution in [0.5, 0.6) is 0 Å². The molecular formula is C17H17F3N2O3S. The highest BCUT2D eigenvalue weighted by Crippen LogP contribution is 2.29. The van der Waals surface area contributed by atoms with Crippen molar-refractivity contribution in [3.8, 4) is 0 Å². The van der Waals surface area contributed by atoms with Crippen molar-refractivity contribution in [2.24, 2.45) is 0 Å². The molecule has 1 N–H and O–H groups in total. The molecular weight excluding hydrogens is 369 g/mol. The van der Waals surface area contributed by atoms with Crippen molar-refractivity contribution in [1.29, 1.82) is 0 Å². The largest absolute Gasteiger partial charge is 0.416 e. The molecule has 0 fully saturated rings. The first kappa shape index (κ1) is 19.9. The van der Waals surface area contributed by atoms with Gasteiger partial charge in [-0.05, 0) is 42.9 Å². The normalized spacial score (nSPS) is 12.0. The van der Waals surface area contributed by atoms with E-state index in [-0.39, 0.29) is 17.0 Å². The molecule has 0 radical (unpaired) electrons. The number of halogens is 3. The van der Waals surface area contributed by atoms with E-state index in [9.17, 15) is 26.4 Å². The Morgan fingerprint density at radius 2 is 1.73 bits per heavy atom. The van der Waals surface area contributed by atoms with E-state index in [1.165, 1.54) is 55.4 Å². The van der Waals surface area contributed by atoms with Crippen LogP contribution in [-0.2, 0) is 22.7 Å². The topological polar surface area (TPSA) is 66.5 Å². The van der Waals surface area contributed by atoms with Crippen molar-refractivity contribution in [1.82, 2.24) is 9.62 Å². The number of nitrogens with one attached hydrogen (secondary N) is 1. The number of carbonyl (C=O) groups is 1. The van der Waals surface area contributed by atoms with Gasteiger partial charge in [0.15, 0.2) is 0 Å². The molecule has 0 saturated carbocycles. The van der Waals surface area contributed by atoms with Gasteiger partial charge in [0, 0.05) is 19.2 Å². The molecule has 0 unspecified atom stereocenters. The minimum atomic E-state index is -4.42. The molecule has 0 saturated heterocycles. The maximum absolute atomic E-state index is 12.6. The lowest BCUT2D eigenvalue weighted by Gasteiger charge is -2.18. The average molecular weight is 386 g/mol. The molecule has 0 heterocycles. The van der Waals surface area contributed by atoms with Gasteiger partial charge in [-0.2, -0.15) is 13.2 Å². The zero-order chi connectivity index (χ0) is 19.5. The molecule has 2 aromatic carbocycles. The van der Waals surface area contributed by atoms with Crippen LogP contribution in [0.4, 0.5) is 13.2 Å². The molecule has 2 aromatic rings. The van der Waals surface area contributed by atoms with Gasteiger partial charge in [-0.3, -0.25) is 4.79 Å². The molecule has 9 heteroatoms. The number of nitrogens with zero attached hydrogens (tertiary/aromatic N) is 1. The Morgan fingerprint density at radius 3 is 2.27 bits per heavy atom. The molecule has 0 aliphatic rings. The van der Waals surface area contributed by atoms with Crippen molar-refractivity contribution in [3.63, 3.8) is 0 Å². The second-order valence-corrected chi connectivity index (χ2v) is 7.48. The van der Waals surface area contributed by atoms with Gasteiger partial charge in [0.05, 0.1) is 10.5 Å². The zero-order valence-electron chi connectivity index (χ0n) is 14.0. The van der Waals surface area contributed by atoms with Gasteiger partial charge in [-0.1, -0.05) is 18.2 Å². The highest BCUT2D eigenvalue weighted by molar-refractivity contribution is 7.89. The summed E-state index contributed by atoms with van der Waals surface area (Å²) < 4.78 is 63.5. The van der Waals surface area contributed by atoms with Crippen LogP contribution in [0.25, 0.3) is 0 Å². The van der Waals surface area contributed by atoms with E-state index >= 15 is 0 Å². The third-order valence-corrected chi connectivity index (χ3v) is 5.12. The Labute approximate surface area is 149 Å². The molecule has 0 aliphatic carbocycles. The lowest BCUT2D eigenvalue weighted by Crippen LogP contribution is -2.27. The Morgan fingerprint density at radius 1 is 1.12 bits per heavy atom. The van der Waals surface area contributed by atoms with Gasteiger partial charge < -0.3 is 4.90 Å². The van der Waals surface area contributed by atoms with Crippen LogP contribution in [0.2, 0.25) is 0 Å². The molecule has 0 aromatic heterocycles. The number of sulfonamides is 1. The number of alkyl halides is 3. The first-order valence-electron chi connectivity index (χ1n) is 7.50. The Bertz CT molecular complexity index is 894. The quantitative estimate of drug-likeness (QED) is 0.859. The SMILES string of the molecule is CNS(=O)(=O)c1cccc(C(=O)N(C)Cc2ccc(C(F)(F)F)cc2)c1. The second-order valence-electron chi connectivity index (χ2n) is 5.59. The molecule has 5 nitrogen and oxygen atoms in total. The van der Waals surface area contributed by atoms with Crippen LogP contribution in [0, 0.1) is 0 Å². The fourth-order valence-corrected chi connectivity index (χ4v) is 3.05. The van der Waals surface area contributed by atoms with E-state index in [4.69, 9.17) is 0 Å². The molecule has 2 rings (SSSR count). The van der Waals surface area contributed by atoms with Crippen molar-refractivity contribution in [3.05, 3.63) is 65.2 Å². The molecule has 26 heavy (non-hydrogen) atoms. The third-order valence-electron chi connectivity index (χ3n) is 3.71. The number of rotatable bonds is 5. The van der Waals surface area contributed by atoms with Gasteiger partial charge in [0.1, 0.15) is 0 Å². The summed E-state index contributed by atoms with van der Waals surface area (Å²) >= 11 is 0. The third kappa shape index (κ3) is 4.61. The number of benzene rings is 2. The smallest absolute Gasteiger partial charge is 0.337 e. The molecule has 140 valence electrons. The van der Waals surface area contributed by atoms with Crippen molar-refractivity contribution < 1.29 is 26.4 Å². The van der Waals surface area contributed by atoms with Gasteiger partial charge in [0.2, 0.25) is 10.0 Å². The van der Waals surface area contributed by atoms with E-state index in [0.717, 1.165) is 12.1 Å². The van der Waals surface area contributed by atoms with E-state index in [1.807, 2.05) is 0 Å². The van der Waals surface area contributed by atoms with Crippen LogP contribution in [-0.4, -0.2) is 33.3 Å². The monoisotopic (exact) mass is 386 g/mol. The molecule has 0 aliphatic heterocycles. The Kier molecular flexibility index (Phi) is 5.72. The zero-order valence-corrected chi connectivity index (χ0v) is 14.9. The summed E-state index contributed by atoms with van der Waals surface area (Å²) in [5.74, 6) is -0.446. The number of amides is 1. The van der Waals surface area contributed by atoms with E-state index < -0.39 is 27.7 Å². The second kappa shape index (κ2) is 7.46. The fraction of sp³-hybridized carbons (Fsp3) is 0.235. The van der Waals surface area contributed by atoms with Crippen LogP contribution >= 0.6 is 0 Å². The number of hydrogen-bond donors (Lipinski definition) is 1. The predicted octanol–water partition coefficient (Wildman–Crippen LogP) is 2.89. The minimum absolute atomic E-state index is 0.0474. The molecule has 0 spiro atoms. The van der Waals surface area contributed by atoms with Crippen molar-refractivity contribution >= 4 is 15.9 Å². The summed E-state index contributed by atoms with van der Waals surface area (Å²) in [6.45, 7) is 0.0833. The number of hydrogen-bond acceptors (Lipinski definition) is 3. The molecule has 0 atom stereocenters. The van der Waals surface area contributed by atoms with E-state index in [2.05, 4.69) is 4.72 Å². The van der Waals surface area contributed by atoms with Crippen LogP contribution in [0.15, 0.2) is 53.4 Å². The summed E-state index contributed by atoms with van der Waals surface area (Å²) in [5, 5.41) is 0. The maximum atomic E-state index is 12.6. The molecule has 0 bridgehead atoms. The average Bonchev–Trinajstić information content (AvgIpc) is 2.60. The van der Waals surface area contributed by atoms with Crippen molar-refractivity contribution in [2.75, 3.05) is 14.1 Å². The first-order valence-corrected chi connectivity index (χ1v) is 8.98. The van der Waals surface area contributed by atoms with Crippen LogP contribution in [0.1, 0.15) is 21.5 Å². The minimum Gasteiger partial charge on any atom is -0.337 e. The summed E-state index contributed by atoms with van der Waals surface area (Å²) in [5.41, 5.74) is -0.0798. The standard InChI is InChI=1S/C17H17F3N2O3S/c1-21-26(24,25)15-5-3-4-13(10-15)16(23)22(2)11-12-6-8-14(9-7-12)17(18,19)20/h3-10,21H,11H2,1-2H3. The molecule has 1 amide bonds. The lowest BCUT2D eigenvalue weighted by molar-refractivity contribution is -0.137. The summed E-state index contributed by atoms with van der Waals surface area (Å²) in [6, 6.07) is 10.0. The van der Waals surface area contributed by atoms with Gasteiger partial charge >= 0.3 is 6.18 Å². The van der Waals surface area contributed by atoms with E-state index in [1.54, 1.807) is 0 Å². The van der Waals surface area contributed by atoms with Crippen molar-refractivity contribution in [2.45, 2.75) is 17.6 Å².